The Kier molecular flexibility index (Phi) is 15.6. The number of amides is 3. The van der Waals surface area contributed by atoms with Gasteiger partial charge in [-0.2, -0.15) is 13.2 Å². The van der Waals surface area contributed by atoms with E-state index in [1.165, 1.54) is 15.6 Å². The maximum atomic E-state index is 14.2. The standard InChI is InChI=1S/C45H58ClF3N8O7/c46-36-28-30(27-35(40(36)50)45(47,48)49)29-37(64-44(62)56-24-14-34(15-25-56)57-43(61)51-41(52-57)33-7-2-1-3-8-33)42(60)55-22-12-32(13-23-55)31-10-19-53(20-11-31)21-16-39(59)63-26-6-18-54-17-5-4-9-38(54)58/h1-3,7-8,27-28,31-32,34,37H,4-6,9-26,29,50H2,(H,51,52,61). The lowest BCUT2D eigenvalue weighted by molar-refractivity contribution is -0.145. The van der Waals surface area contributed by atoms with Crippen LogP contribution < -0.4 is 11.4 Å². The van der Waals surface area contributed by atoms with Gasteiger partial charge in [-0.25, -0.2) is 14.3 Å². The molecule has 15 nitrogen and oxygen atoms in total. The van der Waals surface area contributed by atoms with Crippen LogP contribution in [0.25, 0.3) is 11.4 Å². The SMILES string of the molecule is Nc1c(Cl)cc(CC(OC(=O)N2CCC(n3nc(-c4ccccc4)[nH]c3=O)CC2)C(=O)N2CCC(C3CCN(CCC(=O)OCCCN4CCCCC4=O)CC3)CC2)cc1C(F)(F)F. The predicted octanol–water partition coefficient (Wildman–Crippen LogP) is 6.16. The zero-order chi connectivity index (χ0) is 45.4. The molecule has 1 aromatic heterocycles. The number of nitrogens with zero attached hydrogens (tertiary/aromatic N) is 6. The van der Waals surface area contributed by atoms with E-state index in [-0.39, 0.29) is 53.7 Å². The quantitative estimate of drug-likeness (QED) is 0.108. The number of anilines is 1. The molecule has 1 atom stereocenters. The Bertz CT molecular complexity index is 2150. The second-order valence-corrected chi connectivity index (χ2v) is 17.8. The van der Waals surface area contributed by atoms with Crippen LogP contribution in [0.15, 0.2) is 47.3 Å². The molecule has 4 aliphatic heterocycles. The van der Waals surface area contributed by atoms with Crippen molar-refractivity contribution in [3.8, 4) is 11.4 Å². The summed E-state index contributed by atoms with van der Waals surface area (Å²) in [6.45, 7) is 5.21. The Morgan fingerprint density at radius 2 is 1.55 bits per heavy atom. The first-order valence-corrected chi connectivity index (χ1v) is 22.9. The number of aromatic nitrogens is 3. The monoisotopic (exact) mass is 914 g/mol. The Hall–Kier alpha value is -5.10. The third-order valence-electron chi connectivity index (χ3n) is 13.2. The maximum absolute atomic E-state index is 14.2. The second-order valence-electron chi connectivity index (χ2n) is 17.4. The highest BCUT2D eigenvalue weighted by Crippen LogP contribution is 2.39. The molecule has 0 saturated carbocycles. The molecule has 4 fully saturated rings. The molecule has 3 N–H and O–H groups in total. The van der Waals surface area contributed by atoms with Gasteiger partial charge in [0.2, 0.25) is 5.91 Å². The molecule has 0 radical (unpaired) electrons. The van der Waals surface area contributed by atoms with E-state index in [0.29, 0.717) is 82.6 Å². The normalized spacial score (nSPS) is 19.2. The number of nitrogens with two attached hydrogens (primary N) is 1. The molecule has 4 aliphatic rings. The lowest BCUT2D eigenvalue weighted by Gasteiger charge is -2.41. The van der Waals surface area contributed by atoms with Gasteiger partial charge in [-0.15, -0.1) is 5.10 Å². The van der Waals surface area contributed by atoms with Crippen molar-refractivity contribution in [2.24, 2.45) is 11.8 Å². The number of carbonyl (C=O) groups excluding carboxylic acids is 4. The van der Waals surface area contributed by atoms with Crippen LogP contribution in [0.2, 0.25) is 5.02 Å². The van der Waals surface area contributed by atoms with Crippen molar-refractivity contribution >= 4 is 41.2 Å². The fourth-order valence-corrected chi connectivity index (χ4v) is 9.77. The smallest absolute Gasteiger partial charge is 0.418 e. The van der Waals surface area contributed by atoms with E-state index >= 15 is 0 Å². The average molecular weight is 915 g/mol. The van der Waals surface area contributed by atoms with Gasteiger partial charge in [0.25, 0.3) is 5.91 Å². The summed E-state index contributed by atoms with van der Waals surface area (Å²) in [6.07, 6.45) is 0.261. The summed E-state index contributed by atoms with van der Waals surface area (Å²) < 4.78 is 54.5. The highest BCUT2D eigenvalue weighted by atomic mass is 35.5. The minimum absolute atomic E-state index is 0.0453. The van der Waals surface area contributed by atoms with Crippen molar-refractivity contribution in [3.63, 3.8) is 0 Å². The van der Waals surface area contributed by atoms with Gasteiger partial charge in [-0.1, -0.05) is 41.9 Å². The molecule has 4 saturated heterocycles. The first-order valence-electron chi connectivity index (χ1n) is 22.5. The molecule has 1 unspecified atom stereocenters. The van der Waals surface area contributed by atoms with Crippen LogP contribution in [0.3, 0.4) is 0 Å². The number of H-pyrrole nitrogens is 1. The number of esters is 1. The number of rotatable bonds is 14. The minimum Gasteiger partial charge on any atom is -0.466 e. The lowest BCUT2D eigenvalue weighted by atomic mass is 9.78. The largest absolute Gasteiger partial charge is 0.466 e. The van der Waals surface area contributed by atoms with Gasteiger partial charge in [0.05, 0.1) is 35.3 Å². The van der Waals surface area contributed by atoms with Crippen LogP contribution in [-0.2, 0) is 36.5 Å². The summed E-state index contributed by atoms with van der Waals surface area (Å²) in [6, 6.07) is 11.0. The number of nitrogens with one attached hydrogen (secondary N) is 1. The first-order chi connectivity index (χ1) is 30.7. The molecule has 348 valence electrons. The third kappa shape index (κ3) is 12.0. The van der Waals surface area contributed by atoms with Gasteiger partial charge in [0.15, 0.2) is 11.9 Å². The number of nitrogen functional groups attached to an aromatic ring is 1. The number of halogens is 4. The van der Waals surface area contributed by atoms with E-state index in [2.05, 4.69) is 15.0 Å². The zero-order valence-corrected chi connectivity index (χ0v) is 36.8. The molecule has 3 aromatic rings. The molecule has 2 aromatic carbocycles. The molecular formula is C45H58ClF3N8O7. The van der Waals surface area contributed by atoms with Crippen LogP contribution in [-0.4, -0.2) is 130 Å². The Morgan fingerprint density at radius 1 is 0.875 bits per heavy atom. The van der Waals surface area contributed by atoms with Gasteiger partial charge in [-0.05, 0) is 100 Å². The maximum Gasteiger partial charge on any atom is 0.418 e. The lowest BCUT2D eigenvalue weighted by Crippen LogP contribution is -2.49. The Morgan fingerprint density at radius 3 is 2.22 bits per heavy atom. The van der Waals surface area contributed by atoms with Gasteiger partial charge in [-0.3, -0.25) is 19.4 Å². The Labute approximate surface area is 375 Å². The van der Waals surface area contributed by atoms with Crippen LogP contribution in [0.5, 0.6) is 0 Å². The van der Waals surface area contributed by atoms with E-state index < -0.39 is 35.5 Å². The number of piperidine rings is 4. The van der Waals surface area contributed by atoms with Crippen molar-refractivity contribution < 1.29 is 41.8 Å². The van der Waals surface area contributed by atoms with E-state index in [1.807, 2.05) is 35.2 Å². The zero-order valence-electron chi connectivity index (χ0n) is 36.0. The summed E-state index contributed by atoms with van der Waals surface area (Å²) in [5.41, 5.74) is 4.36. The summed E-state index contributed by atoms with van der Waals surface area (Å²) in [7, 11) is 0. The van der Waals surface area contributed by atoms with Crippen molar-refractivity contribution in [2.45, 2.75) is 95.4 Å². The molecule has 0 bridgehead atoms. The summed E-state index contributed by atoms with van der Waals surface area (Å²) in [5, 5.41) is 4.17. The van der Waals surface area contributed by atoms with E-state index in [0.717, 1.165) is 69.8 Å². The van der Waals surface area contributed by atoms with Gasteiger partial charge in [0.1, 0.15) is 0 Å². The van der Waals surface area contributed by atoms with Crippen LogP contribution in [0.4, 0.5) is 23.7 Å². The fourth-order valence-electron chi connectivity index (χ4n) is 9.52. The van der Waals surface area contributed by atoms with Crippen molar-refractivity contribution in [2.75, 3.05) is 71.2 Å². The predicted molar refractivity (Wildman–Crippen MR) is 232 cm³/mol. The molecular weight excluding hydrogens is 857 g/mol. The Balaban J connectivity index is 0.904. The fraction of sp³-hybridized carbons (Fsp3) is 0.600. The number of alkyl halides is 3. The van der Waals surface area contributed by atoms with E-state index in [9.17, 15) is 37.1 Å². The molecule has 5 heterocycles. The number of ether oxygens (including phenoxy) is 2. The summed E-state index contributed by atoms with van der Waals surface area (Å²) in [4.78, 5) is 75.1. The van der Waals surface area contributed by atoms with Crippen molar-refractivity contribution in [1.29, 1.82) is 0 Å². The number of aromatic amines is 1. The number of hydrogen-bond acceptors (Lipinski definition) is 10. The molecule has 0 spiro atoms. The van der Waals surface area contributed by atoms with Gasteiger partial charge < -0.3 is 34.8 Å². The van der Waals surface area contributed by atoms with Crippen LogP contribution in [0, 0.1) is 11.8 Å². The van der Waals surface area contributed by atoms with Crippen molar-refractivity contribution in [3.05, 3.63) is 69.1 Å². The first kappa shape index (κ1) is 46.9. The molecule has 19 heteroatoms. The highest BCUT2D eigenvalue weighted by molar-refractivity contribution is 6.33. The minimum atomic E-state index is -4.80. The molecule has 7 rings (SSSR count). The number of carbonyl (C=O) groups is 4. The van der Waals surface area contributed by atoms with Gasteiger partial charge >= 0.3 is 23.9 Å². The van der Waals surface area contributed by atoms with E-state index in [4.69, 9.17) is 26.8 Å². The molecule has 64 heavy (non-hydrogen) atoms. The topological polar surface area (TPSA) is 176 Å². The van der Waals surface area contributed by atoms with Gasteiger partial charge in [0, 0.05) is 64.2 Å². The molecule has 0 aliphatic carbocycles. The summed E-state index contributed by atoms with van der Waals surface area (Å²) >= 11 is 6.15. The number of benzene rings is 2. The average Bonchev–Trinajstić information content (AvgIpc) is 3.69. The van der Waals surface area contributed by atoms with E-state index in [1.54, 1.807) is 4.90 Å². The van der Waals surface area contributed by atoms with Crippen molar-refractivity contribution in [1.82, 2.24) is 34.4 Å². The second kappa shape index (κ2) is 21.3. The number of likely N-dealkylation sites (tertiary alicyclic amines) is 4. The van der Waals surface area contributed by atoms with Crippen LogP contribution in [0.1, 0.15) is 87.8 Å². The number of hydrogen-bond donors (Lipinski definition) is 2. The highest BCUT2D eigenvalue weighted by Gasteiger charge is 2.38. The third-order valence-corrected chi connectivity index (χ3v) is 13.5. The van der Waals surface area contributed by atoms with Crippen LogP contribution >= 0.6 is 11.6 Å². The molecule has 3 amide bonds. The summed E-state index contributed by atoms with van der Waals surface area (Å²) in [5.74, 6) is 0.672.